The molecule has 0 aliphatic carbocycles. The summed E-state index contributed by atoms with van der Waals surface area (Å²) in [4.78, 5) is 35.8. The highest BCUT2D eigenvalue weighted by atomic mass is 19.1. The Balaban J connectivity index is 1.57. The van der Waals surface area contributed by atoms with E-state index in [1.165, 1.54) is 18.2 Å². The monoisotopic (exact) mass is 368 g/mol. The minimum atomic E-state index is -0.679. The molecule has 0 spiro atoms. The number of anilines is 1. The van der Waals surface area contributed by atoms with Crippen molar-refractivity contribution in [3.05, 3.63) is 52.9 Å². The van der Waals surface area contributed by atoms with Crippen molar-refractivity contribution in [2.75, 3.05) is 5.32 Å². The van der Waals surface area contributed by atoms with Crippen LogP contribution in [0.2, 0.25) is 0 Å². The van der Waals surface area contributed by atoms with E-state index in [4.69, 9.17) is 0 Å². The summed E-state index contributed by atoms with van der Waals surface area (Å²) in [5.74, 6) is -0.279. The quantitative estimate of drug-likeness (QED) is 0.904. The number of aromatic nitrogens is 2. The molecule has 3 heterocycles. The average Bonchev–Trinajstić information content (AvgIpc) is 3.03. The number of hydrogen-bond donors (Lipinski definition) is 1. The normalized spacial score (nSPS) is 18.3. The van der Waals surface area contributed by atoms with Gasteiger partial charge in [0.25, 0.3) is 0 Å². The maximum atomic E-state index is 13.7. The Labute approximate surface area is 156 Å². The maximum Gasteiger partial charge on any atom is 0.231 e. The van der Waals surface area contributed by atoms with Crippen LogP contribution in [0.3, 0.4) is 0 Å². The van der Waals surface area contributed by atoms with Gasteiger partial charge < -0.3 is 10.2 Å². The Hall–Kier alpha value is -2.83. The van der Waals surface area contributed by atoms with Gasteiger partial charge in [0.15, 0.2) is 0 Å². The van der Waals surface area contributed by atoms with E-state index in [0.29, 0.717) is 30.3 Å². The summed E-state index contributed by atoms with van der Waals surface area (Å²) in [5.41, 5.74) is 2.81. The highest BCUT2D eigenvalue weighted by Crippen LogP contribution is 2.35. The molecule has 7 heteroatoms. The lowest BCUT2D eigenvalue weighted by Crippen LogP contribution is -2.35. The van der Waals surface area contributed by atoms with Crippen LogP contribution in [0.1, 0.15) is 48.8 Å². The zero-order valence-electron chi connectivity index (χ0n) is 15.3. The van der Waals surface area contributed by atoms with Gasteiger partial charge in [-0.15, -0.1) is 0 Å². The second-order valence-corrected chi connectivity index (χ2v) is 7.59. The smallest absolute Gasteiger partial charge is 0.231 e. The van der Waals surface area contributed by atoms with Gasteiger partial charge >= 0.3 is 0 Å². The summed E-state index contributed by atoms with van der Waals surface area (Å²) in [6.45, 7) is 5.03. The molecule has 0 saturated heterocycles. The van der Waals surface area contributed by atoms with E-state index in [1.807, 2.05) is 0 Å². The van der Waals surface area contributed by atoms with Crippen molar-refractivity contribution in [1.29, 1.82) is 0 Å². The van der Waals surface area contributed by atoms with Crippen molar-refractivity contribution in [3.63, 3.8) is 0 Å². The molecule has 0 saturated carbocycles. The molecule has 1 atom stereocenters. The highest BCUT2D eigenvalue weighted by Gasteiger charge is 2.36. The molecular formula is C20H21FN4O2. The number of carbonyl (C=O) groups excluding carboxylic acids is 2. The molecule has 1 aromatic carbocycles. The number of benzene rings is 1. The Morgan fingerprint density at radius 3 is 2.96 bits per heavy atom. The van der Waals surface area contributed by atoms with E-state index in [1.54, 1.807) is 11.1 Å². The first-order chi connectivity index (χ1) is 12.9. The van der Waals surface area contributed by atoms with Gasteiger partial charge in [-0.1, -0.05) is 13.8 Å². The van der Waals surface area contributed by atoms with Gasteiger partial charge in [-0.3, -0.25) is 9.59 Å². The van der Waals surface area contributed by atoms with Crippen LogP contribution in [0.25, 0.3) is 0 Å². The Morgan fingerprint density at radius 2 is 2.19 bits per heavy atom. The van der Waals surface area contributed by atoms with Crippen LogP contribution in [-0.2, 0) is 29.1 Å². The SMILES string of the molecule is CC(C)Cc1ncc2c(n1)CN(C(=O)C1CC(=O)Nc3ccc(F)cc31)C2. The van der Waals surface area contributed by atoms with Gasteiger partial charge in [-0.25, -0.2) is 14.4 Å². The van der Waals surface area contributed by atoms with Crippen LogP contribution in [-0.4, -0.2) is 26.7 Å². The Kier molecular flexibility index (Phi) is 4.37. The summed E-state index contributed by atoms with van der Waals surface area (Å²) in [7, 11) is 0. The molecule has 0 radical (unpaired) electrons. The zero-order valence-corrected chi connectivity index (χ0v) is 15.3. The van der Waals surface area contributed by atoms with Crippen LogP contribution >= 0.6 is 0 Å². The number of hydrogen-bond acceptors (Lipinski definition) is 4. The maximum absolute atomic E-state index is 13.7. The fourth-order valence-corrected chi connectivity index (χ4v) is 3.69. The molecule has 6 nitrogen and oxygen atoms in total. The lowest BCUT2D eigenvalue weighted by molar-refractivity contribution is -0.135. The molecule has 27 heavy (non-hydrogen) atoms. The van der Waals surface area contributed by atoms with E-state index in [9.17, 15) is 14.0 Å². The largest absolute Gasteiger partial charge is 0.332 e. The lowest BCUT2D eigenvalue weighted by atomic mass is 9.89. The van der Waals surface area contributed by atoms with E-state index in [2.05, 4.69) is 29.1 Å². The summed E-state index contributed by atoms with van der Waals surface area (Å²) in [5, 5.41) is 2.71. The summed E-state index contributed by atoms with van der Waals surface area (Å²) in [6.07, 6.45) is 2.59. The number of rotatable bonds is 3. The molecule has 1 aromatic heterocycles. The first kappa shape index (κ1) is 17.6. The van der Waals surface area contributed by atoms with Crippen molar-refractivity contribution >= 4 is 17.5 Å². The molecule has 0 bridgehead atoms. The van der Waals surface area contributed by atoms with Crippen molar-refractivity contribution in [1.82, 2.24) is 14.9 Å². The second kappa shape index (κ2) is 6.72. The molecule has 1 N–H and O–H groups in total. The van der Waals surface area contributed by atoms with Crippen LogP contribution in [0.5, 0.6) is 0 Å². The number of amides is 2. The highest BCUT2D eigenvalue weighted by molar-refractivity contribution is 6.01. The minimum Gasteiger partial charge on any atom is -0.332 e. The Morgan fingerprint density at radius 1 is 1.37 bits per heavy atom. The van der Waals surface area contributed by atoms with Gasteiger partial charge in [0.2, 0.25) is 11.8 Å². The molecule has 140 valence electrons. The summed E-state index contributed by atoms with van der Waals surface area (Å²) < 4.78 is 13.7. The van der Waals surface area contributed by atoms with Crippen molar-refractivity contribution in [2.45, 2.75) is 45.7 Å². The number of halogens is 1. The zero-order chi connectivity index (χ0) is 19.1. The molecule has 1 unspecified atom stereocenters. The van der Waals surface area contributed by atoms with E-state index < -0.39 is 11.7 Å². The van der Waals surface area contributed by atoms with Gasteiger partial charge in [-0.05, 0) is 29.7 Å². The van der Waals surface area contributed by atoms with Crippen molar-refractivity contribution in [3.8, 4) is 0 Å². The van der Waals surface area contributed by atoms with E-state index in [0.717, 1.165) is 23.5 Å². The van der Waals surface area contributed by atoms with E-state index >= 15 is 0 Å². The van der Waals surface area contributed by atoms with Gasteiger partial charge in [0, 0.05) is 36.8 Å². The van der Waals surface area contributed by atoms with Gasteiger partial charge in [0.1, 0.15) is 11.6 Å². The fourth-order valence-electron chi connectivity index (χ4n) is 3.69. The molecule has 2 aromatic rings. The van der Waals surface area contributed by atoms with Crippen molar-refractivity contribution < 1.29 is 14.0 Å². The predicted octanol–water partition coefficient (Wildman–Crippen LogP) is 2.78. The Bertz CT molecular complexity index is 928. The third kappa shape index (κ3) is 3.41. The van der Waals surface area contributed by atoms with Crippen LogP contribution < -0.4 is 5.32 Å². The molecule has 4 rings (SSSR count). The van der Waals surface area contributed by atoms with Crippen LogP contribution in [0.15, 0.2) is 24.4 Å². The molecular weight excluding hydrogens is 347 g/mol. The number of nitrogens with one attached hydrogen (secondary N) is 1. The molecule has 2 amide bonds. The predicted molar refractivity (Wildman–Crippen MR) is 97.2 cm³/mol. The topological polar surface area (TPSA) is 75.2 Å². The summed E-state index contributed by atoms with van der Waals surface area (Å²) in [6, 6.07) is 4.12. The van der Waals surface area contributed by atoms with Crippen molar-refractivity contribution in [2.24, 2.45) is 5.92 Å². The number of carbonyl (C=O) groups is 2. The number of fused-ring (bicyclic) bond motifs is 2. The van der Waals surface area contributed by atoms with E-state index in [-0.39, 0.29) is 18.2 Å². The van der Waals surface area contributed by atoms with Gasteiger partial charge in [0.05, 0.1) is 18.2 Å². The fraction of sp³-hybridized carbons (Fsp3) is 0.400. The average molecular weight is 368 g/mol. The standard InChI is InChI=1S/C20H21FN4O2/c1-11(2)5-18-22-8-12-9-25(10-17(12)23-18)20(27)15-7-19(26)24-16-4-3-13(21)6-14(15)16/h3-4,6,8,11,15H,5,7,9-10H2,1-2H3,(H,24,26). The van der Waals surface area contributed by atoms with Crippen LogP contribution in [0, 0.1) is 11.7 Å². The molecule has 2 aliphatic heterocycles. The third-order valence-corrected chi connectivity index (χ3v) is 4.96. The van der Waals surface area contributed by atoms with Gasteiger partial charge in [-0.2, -0.15) is 0 Å². The first-order valence-corrected chi connectivity index (χ1v) is 9.12. The lowest BCUT2D eigenvalue weighted by Gasteiger charge is -2.28. The second-order valence-electron chi connectivity index (χ2n) is 7.59. The molecule has 0 fully saturated rings. The third-order valence-electron chi connectivity index (χ3n) is 4.96. The minimum absolute atomic E-state index is 0.0202. The summed E-state index contributed by atoms with van der Waals surface area (Å²) >= 11 is 0. The first-order valence-electron chi connectivity index (χ1n) is 9.12. The van der Waals surface area contributed by atoms with Crippen LogP contribution in [0.4, 0.5) is 10.1 Å². The molecule has 2 aliphatic rings. The number of nitrogens with zero attached hydrogens (tertiary/aromatic N) is 3.